The molecule has 0 amide bonds. The van der Waals surface area contributed by atoms with Crippen LogP contribution in [0, 0.1) is 0 Å². The first-order valence-electron chi connectivity index (χ1n) is 7.81. The molecular formula is C18H22ClNO2. The van der Waals surface area contributed by atoms with Gasteiger partial charge in [0, 0.05) is 12.1 Å². The van der Waals surface area contributed by atoms with Crippen LogP contribution in [0.1, 0.15) is 25.7 Å². The van der Waals surface area contributed by atoms with Crippen LogP contribution >= 0.6 is 12.4 Å². The van der Waals surface area contributed by atoms with Gasteiger partial charge in [-0.1, -0.05) is 12.1 Å². The SMILES string of the molecule is COc1ccc2cc(OC3CC4CCC(C3)N4)ccc2c1.Cl. The van der Waals surface area contributed by atoms with Crippen molar-refractivity contribution in [3.05, 3.63) is 36.4 Å². The lowest BCUT2D eigenvalue weighted by Gasteiger charge is -2.29. The van der Waals surface area contributed by atoms with E-state index in [0.29, 0.717) is 18.2 Å². The van der Waals surface area contributed by atoms with Crippen molar-refractivity contribution in [1.82, 2.24) is 5.32 Å². The summed E-state index contributed by atoms with van der Waals surface area (Å²) in [6, 6.07) is 13.8. The van der Waals surface area contributed by atoms with Crippen LogP contribution in [0.5, 0.6) is 11.5 Å². The molecule has 0 aliphatic carbocycles. The summed E-state index contributed by atoms with van der Waals surface area (Å²) >= 11 is 0. The summed E-state index contributed by atoms with van der Waals surface area (Å²) in [5, 5.41) is 6.04. The topological polar surface area (TPSA) is 30.5 Å². The normalized spacial score (nSPS) is 26.5. The van der Waals surface area contributed by atoms with Crippen molar-refractivity contribution in [2.75, 3.05) is 7.11 Å². The summed E-state index contributed by atoms with van der Waals surface area (Å²) in [6.07, 6.45) is 5.25. The minimum absolute atomic E-state index is 0. The number of fused-ring (bicyclic) bond motifs is 3. The van der Waals surface area contributed by atoms with Gasteiger partial charge in [-0.05, 0) is 60.7 Å². The molecule has 2 aromatic rings. The largest absolute Gasteiger partial charge is 0.497 e. The molecule has 2 heterocycles. The van der Waals surface area contributed by atoms with Crippen molar-refractivity contribution in [3.8, 4) is 11.5 Å². The Morgan fingerprint density at radius 1 is 0.909 bits per heavy atom. The molecule has 2 fully saturated rings. The van der Waals surface area contributed by atoms with E-state index < -0.39 is 0 Å². The molecule has 0 spiro atoms. The fourth-order valence-corrected chi connectivity index (χ4v) is 3.70. The average Bonchev–Trinajstić information content (AvgIpc) is 2.85. The second kappa shape index (κ2) is 6.35. The van der Waals surface area contributed by atoms with Crippen molar-refractivity contribution in [3.63, 3.8) is 0 Å². The fourth-order valence-electron chi connectivity index (χ4n) is 3.70. The van der Waals surface area contributed by atoms with Crippen molar-refractivity contribution < 1.29 is 9.47 Å². The molecule has 2 aliphatic heterocycles. The Balaban J connectivity index is 0.00000144. The second-order valence-electron chi connectivity index (χ2n) is 6.22. The van der Waals surface area contributed by atoms with Gasteiger partial charge < -0.3 is 14.8 Å². The van der Waals surface area contributed by atoms with Crippen LogP contribution in [-0.2, 0) is 0 Å². The Morgan fingerprint density at radius 3 is 2.14 bits per heavy atom. The number of hydrogen-bond donors (Lipinski definition) is 1. The molecule has 1 N–H and O–H groups in total. The Morgan fingerprint density at radius 2 is 1.50 bits per heavy atom. The molecule has 118 valence electrons. The maximum Gasteiger partial charge on any atom is 0.120 e. The van der Waals surface area contributed by atoms with Gasteiger partial charge in [-0.3, -0.25) is 0 Å². The predicted octanol–water partition coefficient (Wildman–Crippen LogP) is 3.93. The summed E-state index contributed by atoms with van der Waals surface area (Å²) in [7, 11) is 1.70. The molecule has 3 nitrogen and oxygen atoms in total. The second-order valence-corrected chi connectivity index (χ2v) is 6.22. The van der Waals surface area contributed by atoms with Gasteiger partial charge >= 0.3 is 0 Å². The maximum atomic E-state index is 6.23. The zero-order valence-corrected chi connectivity index (χ0v) is 13.6. The van der Waals surface area contributed by atoms with Crippen LogP contribution in [-0.4, -0.2) is 25.3 Å². The quantitative estimate of drug-likeness (QED) is 0.929. The Labute approximate surface area is 137 Å². The lowest BCUT2D eigenvalue weighted by Crippen LogP contribution is -2.42. The molecular weight excluding hydrogens is 298 g/mol. The van der Waals surface area contributed by atoms with Gasteiger partial charge in [-0.25, -0.2) is 0 Å². The van der Waals surface area contributed by atoms with E-state index in [1.165, 1.54) is 23.6 Å². The van der Waals surface area contributed by atoms with E-state index in [1.54, 1.807) is 7.11 Å². The van der Waals surface area contributed by atoms with Gasteiger partial charge in [0.25, 0.3) is 0 Å². The molecule has 0 saturated carbocycles. The number of methoxy groups -OCH3 is 1. The van der Waals surface area contributed by atoms with Crippen molar-refractivity contribution in [1.29, 1.82) is 0 Å². The van der Waals surface area contributed by atoms with E-state index in [-0.39, 0.29) is 12.4 Å². The van der Waals surface area contributed by atoms with Crippen LogP contribution in [0.4, 0.5) is 0 Å². The first kappa shape index (κ1) is 15.4. The number of rotatable bonds is 3. The van der Waals surface area contributed by atoms with Gasteiger partial charge in [0.15, 0.2) is 0 Å². The van der Waals surface area contributed by atoms with Gasteiger partial charge in [-0.15, -0.1) is 12.4 Å². The zero-order chi connectivity index (χ0) is 14.2. The summed E-state index contributed by atoms with van der Waals surface area (Å²) in [4.78, 5) is 0. The van der Waals surface area contributed by atoms with E-state index in [4.69, 9.17) is 9.47 Å². The molecule has 2 unspecified atom stereocenters. The third-order valence-electron chi connectivity index (χ3n) is 4.75. The van der Waals surface area contributed by atoms with Crippen molar-refractivity contribution in [2.45, 2.75) is 43.9 Å². The molecule has 4 heteroatoms. The van der Waals surface area contributed by atoms with Crippen molar-refractivity contribution in [2.24, 2.45) is 0 Å². The summed E-state index contributed by atoms with van der Waals surface area (Å²) in [5.41, 5.74) is 0. The first-order chi connectivity index (χ1) is 10.3. The van der Waals surface area contributed by atoms with E-state index in [0.717, 1.165) is 24.3 Å². The highest BCUT2D eigenvalue weighted by atomic mass is 35.5. The van der Waals surface area contributed by atoms with Gasteiger partial charge in [0.2, 0.25) is 0 Å². The highest BCUT2D eigenvalue weighted by Gasteiger charge is 2.34. The van der Waals surface area contributed by atoms with Crippen LogP contribution in [0.3, 0.4) is 0 Å². The average molecular weight is 320 g/mol. The van der Waals surface area contributed by atoms with E-state index in [9.17, 15) is 0 Å². The van der Waals surface area contributed by atoms with Gasteiger partial charge in [-0.2, -0.15) is 0 Å². The number of ether oxygens (including phenoxy) is 2. The Kier molecular flexibility index (Phi) is 4.46. The number of piperidine rings is 1. The number of benzene rings is 2. The molecule has 2 aliphatic rings. The van der Waals surface area contributed by atoms with Crippen LogP contribution in [0.2, 0.25) is 0 Å². The number of nitrogens with one attached hydrogen (secondary N) is 1. The van der Waals surface area contributed by atoms with E-state index in [2.05, 4.69) is 35.6 Å². The minimum Gasteiger partial charge on any atom is -0.497 e. The lowest BCUT2D eigenvalue weighted by molar-refractivity contribution is 0.137. The van der Waals surface area contributed by atoms with E-state index in [1.807, 2.05) is 6.07 Å². The van der Waals surface area contributed by atoms with E-state index >= 15 is 0 Å². The predicted molar refractivity (Wildman–Crippen MR) is 91.3 cm³/mol. The molecule has 22 heavy (non-hydrogen) atoms. The third-order valence-corrected chi connectivity index (χ3v) is 4.75. The highest BCUT2D eigenvalue weighted by Crippen LogP contribution is 2.31. The fraction of sp³-hybridized carbons (Fsp3) is 0.444. The first-order valence-corrected chi connectivity index (χ1v) is 7.81. The Bertz CT molecular complexity index is 649. The molecule has 2 saturated heterocycles. The Hall–Kier alpha value is -1.45. The van der Waals surface area contributed by atoms with Crippen LogP contribution < -0.4 is 14.8 Å². The maximum absolute atomic E-state index is 6.23. The highest BCUT2D eigenvalue weighted by molar-refractivity contribution is 5.85. The third kappa shape index (κ3) is 3.01. The molecule has 2 bridgehead atoms. The summed E-state index contributed by atoms with van der Waals surface area (Å²) in [6.45, 7) is 0. The number of hydrogen-bond acceptors (Lipinski definition) is 3. The van der Waals surface area contributed by atoms with Gasteiger partial charge in [0.1, 0.15) is 17.6 Å². The van der Waals surface area contributed by atoms with Crippen molar-refractivity contribution >= 4 is 23.2 Å². The van der Waals surface area contributed by atoms with Gasteiger partial charge in [0.05, 0.1) is 7.11 Å². The summed E-state index contributed by atoms with van der Waals surface area (Å²) < 4.78 is 11.5. The standard InChI is InChI=1S/C18H21NO2.ClH/c1-20-16-6-2-13-9-17(7-3-12(13)8-16)21-18-10-14-4-5-15(11-18)19-14;/h2-3,6-9,14-15,18-19H,4-5,10-11H2,1H3;1H. The monoisotopic (exact) mass is 319 g/mol. The van der Waals surface area contributed by atoms with Crippen LogP contribution in [0.25, 0.3) is 10.8 Å². The molecule has 0 radical (unpaired) electrons. The molecule has 2 atom stereocenters. The number of halogens is 1. The summed E-state index contributed by atoms with van der Waals surface area (Å²) in [5.74, 6) is 1.88. The minimum atomic E-state index is 0. The molecule has 4 rings (SSSR count). The molecule has 2 aromatic carbocycles. The molecule has 0 aromatic heterocycles. The van der Waals surface area contributed by atoms with Crippen LogP contribution in [0.15, 0.2) is 36.4 Å². The lowest BCUT2D eigenvalue weighted by atomic mass is 10.0. The zero-order valence-electron chi connectivity index (χ0n) is 12.7. The smallest absolute Gasteiger partial charge is 0.120 e.